The average Bonchev–Trinajstić information content (AvgIpc) is 2.71. The molecule has 0 radical (unpaired) electrons. The van der Waals surface area contributed by atoms with E-state index in [2.05, 4.69) is 64.6 Å². The molecule has 1 aliphatic rings. The number of hydrogen-bond donors (Lipinski definition) is 1. The lowest BCUT2D eigenvalue weighted by Crippen LogP contribution is -2.39. The van der Waals surface area contributed by atoms with Crippen molar-refractivity contribution in [2.75, 3.05) is 45.6 Å². The molecule has 3 rings (SSSR count). The Morgan fingerprint density at radius 3 is 2.59 bits per heavy atom. The summed E-state index contributed by atoms with van der Waals surface area (Å²) in [6.45, 7) is 5.30. The zero-order chi connectivity index (χ0) is 20.6. The van der Waals surface area contributed by atoms with Gasteiger partial charge < -0.3 is 15.1 Å². The number of carbonyl (C=O) groups excluding carboxylic acids is 1. The first kappa shape index (κ1) is 21.2. The molecule has 0 saturated carbocycles. The molecule has 2 aromatic rings. The SMILES string of the molecule is Cc1cc(C(=O)N2CCC(Cc3ccccc3)CC2)nc(NCCCN(C)C)n1. The predicted octanol–water partition coefficient (Wildman–Crippen LogP) is 3.24. The van der Waals surface area contributed by atoms with E-state index in [0.29, 0.717) is 17.6 Å². The summed E-state index contributed by atoms with van der Waals surface area (Å²) in [4.78, 5) is 26.0. The van der Waals surface area contributed by atoms with Gasteiger partial charge in [0, 0.05) is 25.3 Å². The van der Waals surface area contributed by atoms with Crippen LogP contribution in [0.15, 0.2) is 36.4 Å². The van der Waals surface area contributed by atoms with Gasteiger partial charge in [0.15, 0.2) is 0 Å². The molecule has 1 saturated heterocycles. The number of amides is 1. The number of hydrogen-bond acceptors (Lipinski definition) is 5. The van der Waals surface area contributed by atoms with Crippen molar-refractivity contribution in [1.29, 1.82) is 0 Å². The normalized spacial score (nSPS) is 15.0. The molecular weight excluding hydrogens is 362 g/mol. The molecular formula is C23H33N5O. The summed E-state index contributed by atoms with van der Waals surface area (Å²) in [5.74, 6) is 1.21. The van der Waals surface area contributed by atoms with Crippen molar-refractivity contribution in [2.45, 2.75) is 32.6 Å². The molecule has 0 unspecified atom stereocenters. The summed E-state index contributed by atoms with van der Waals surface area (Å²) >= 11 is 0. The number of nitrogens with one attached hydrogen (secondary N) is 1. The zero-order valence-electron chi connectivity index (χ0n) is 17.9. The number of rotatable bonds is 8. The standard InChI is InChI=1S/C23H33N5O/c1-18-16-21(26-23(25-18)24-12-7-13-27(2)3)22(29)28-14-10-20(11-15-28)17-19-8-5-4-6-9-19/h4-6,8-9,16,20H,7,10-15,17H2,1-3H3,(H,24,25,26). The molecule has 1 aromatic heterocycles. The van der Waals surface area contributed by atoms with Gasteiger partial charge in [0.25, 0.3) is 5.91 Å². The topological polar surface area (TPSA) is 61.4 Å². The number of piperidine rings is 1. The van der Waals surface area contributed by atoms with Crippen LogP contribution in [0.4, 0.5) is 5.95 Å². The van der Waals surface area contributed by atoms with E-state index in [1.807, 2.05) is 11.8 Å². The lowest BCUT2D eigenvalue weighted by Gasteiger charge is -2.32. The van der Waals surface area contributed by atoms with E-state index in [9.17, 15) is 4.79 Å². The molecule has 29 heavy (non-hydrogen) atoms. The first-order chi connectivity index (χ1) is 14.0. The number of anilines is 1. The highest BCUT2D eigenvalue weighted by Crippen LogP contribution is 2.23. The molecule has 156 valence electrons. The van der Waals surface area contributed by atoms with Crippen LogP contribution in [0.5, 0.6) is 0 Å². The van der Waals surface area contributed by atoms with Crippen LogP contribution in [0, 0.1) is 12.8 Å². The molecule has 0 aliphatic carbocycles. The van der Waals surface area contributed by atoms with Crippen molar-refractivity contribution in [3.63, 3.8) is 0 Å². The van der Waals surface area contributed by atoms with Crippen molar-refractivity contribution in [3.05, 3.63) is 53.3 Å². The minimum Gasteiger partial charge on any atom is -0.354 e. The van der Waals surface area contributed by atoms with Gasteiger partial charge in [0.05, 0.1) is 0 Å². The largest absolute Gasteiger partial charge is 0.354 e. The minimum atomic E-state index is 0.0185. The molecule has 1 amide bonds. The monoisotopic (exact) mass is 395 g/mol. The van der Waals surface area contributed by atoms with E-state index in [-0.39, 0.29) is 5.91 Å². The van der Waals surface area contributed by atoms with Crippen LogP contribution in [-0.4, -0.2) is 65.9 Å². The highest BCUT2D eigenvalue weighted by atomic mass is 16.2. The number of carbonyl (C=O) groups is 1. The Bertz CT molecular complexity index is 785. The Morgan fingerprint density at radius 1 is 1.17 bits per heavy atom. The number of nitrogens with zero attached hydrogens (tertiary/aromatic N) is 4. The molecule has 2 heterocycles. The second-order valence-electron chi connectivity index (χ2n) is 8.23. The maximum atomic E-state index is 13.0. The van der Waals surface area contributed by atoms with Crippen molar-refractivity contribution >= 4 is 11.9 Å². The Balaban J connectivity index is 1.53. The van der Waals surface area contributed by atoms with Gasteiger partial charge in [-0.05, 0) is 70.8 Å². The summed E-state index contributed by atoms with van der Waals surface area (Å²) in [6, 6.07) is 12.4. The average molecular weight is 396 g/mol. The van der Waals surface area contributed by atoms with Crippen molar-refractivity contribution < 1.29 is 4.79 Å². The molecule has 1 N–H and O–H groups in total. The molecule has 6 nitrogen and oxygen atoms in total. The Labute approximate surface area is 174 Å². The van der Waals surface area contributed by atoms with Crippen molar-refractivity contribution in [3.8, 4) is 0 Å². The van der Waals surface area contributed by atoms with E-state index in [0.717, 1.165) is 57.6 Å². The maximum absolute atomic E-state index is 13.0. The number of aryl methyl sites for hydroxylation is 1. The lowest BCUT2D eigenvalue weighted by molar-refractivity contribution is 0.0684. The summed E-state index contributed by atoms with van der Waals surface area (Å²) in [6.07, 6.45) is 4.18. The second kappa shape index (κ2) is 10.3. The third-order valence-corrected chi connectivity index (χ3v) is 5.41. The van der Waals surface area contributed by atoms with Gasteiger partial charge in [-0.2, -0.15) is 0 Å². The van der Waals surface area contributed by atoms with Gasteiger partial charge in [0.2, 0.25) is 5.95 Å². The van der Waals surface area contributed by atoms with Gasteiger partial charge in [-0.15, -0.1) is 0 Å². The van der Waals surface area contributed by atoms with Gasteiger partial charge in [-0.3, -0.25) is 4.79 Å². The summed E-state index contributed by atoms with van der Waals surface area (Å²) in [5, 5.41) is 3.25. The van der Waals surface area contributed by atoms with Gasteiger partial charge >= 0.3 is 0 Å². The molecule has 1 aromatic carbocycles. The highest BCUT2D eigenvalue weighted by Gasteiger charge is 2.25. The number of likely N-dealkylation sites (tertiary alicyclic amines) is 1. The van der Waals surface area contributed by atoms with Crippen LogP contribution in [0.2, 0.25) is 0 Å². The molecule has 1 fully saturated rings. The molecule has 0 bridgehead atoms. The summed E-state index contributed by atoms with van der Waals surface area (Å²) in [7, 11) is 4.12. The van der Waals surface area contributed by atoms with Crippen LogP contribution < -0.4 is 5.32 Å². The number of aromatic nitrogens is 2. The molecule has 0 atom stereocenters. The highest BCUT2D eigenvalue weighted by molar-refractivity contribution is 5.92. The van der Waals surface area contributed by atoms with Crippen molar-refractivity contribution in [2.24, 2.45) is 5.92 Å². The fraction of sp³-hybridized carbons (Fsp3) is 0.522. The number of benzene rings is 1. The third-order valence-electron chi connectivity index (χ3n) is 5.41. The fourth-order valence-electron chi connectivity index (χ4n) is 3.80. The second-order valence-corrected chi connectivity index (χ2v) is 8.23. The van der Waals surface area contributed by atoms with Gasteiger partial charge in [-0.1, -0.05) is 30.3 Å². The van der Waals surface area contributed by atoms with Gasteiger partial charge in [0.1, 0.15) is 5.69 Å². The van der Waals surface area contributed by atoms with E-state index in [4.69, 9.17) is 0 Å². The smallest absolute Gasteiger partial charge is 0.272 e. The van der Waals surface area contributed by atoms with Crippen molar-refractivity contribution in [1.82, 2.24) is 19.8 Å². The van der Waals surface area contributed by atoms with E-state index in [1.165, 1.54) is 5.56 Å². The summed E-state index contributed by atoms with van der Waals surface area (Å²) < 4.78 is 0. The summed E-state index contributed by atoms with van der Waals surface area (Å²) in [5.41, 5.74) is 2.69. The van der Waals surface area contributed by atoms with Gasteiger partial charge in [-0.25, -0.2) is 9.97 Å². The third kappa shape index (κ3) is 6.53. The maximum Gasteiger partial charge on any atom is 0.272 e. The predicted molar refractivity (Wildman–Crippen MR) is 117 cm³/mol. The Kier molecular flexibility index (Phi) is 7.58. The minimum absolute atomic E-state index is 0.0185. The first-order valence-electron chi connectivity index (χ1n) is 10.6. The fourth-order valence-corrected chi connectivity index (χ4v) is 3.80. The molecule has 0 spiro atoms. The van der Waals surface area contributed by atoms with E-state index >= 15 is 0 Å². The van der Waals surface area contributed by atoms with Crippen LogP contribution >= 0.6 is 0 Å². The molecule has 6 heteroatoms. The van der Waals surface area contributed by atoms with E-state index < -0.39 is 0 Å². The van der Waals surface area contributed by atoms with Crippen LogP contribution in [0.3, 0.4) is 0 Å². The Morgan fingerprint density at radius 2 is 1.90 bits per heavy atom. The van der Waals surface area contributed by atoms with Crippen LogP contribution in [0.25, 0.3) is 0 Å². The lowest BCUT2D eigenvalue weighted by atomic mass is 9.90. The molecule has 1 aliphatic heterocycles. The first-order valence-corrected chi connectivity index (χ1v) is 10.6. The Hall–Kier alpha value is -2.47. The van der Waals surface area contributed by atoms with Crippen LogP contribution in [0.1, 0.15) is 41.0 Å². The zero-order valence-corrected chi connectivity index (χ0v) is 17.9. The quantitative estimate of drug-likeness (QED) is 0.695. The van der Waals surface area contributed by atoms with Crippen LogP contribution in [-0.2, 0) is 6.42 Å². The van der Waals surface area contributed by atoms with E-state index in [1.54, 1.807) is 6.07 Å².